The van der Waals surface area contributed by atoms with Gasteiger partial charge in [0.05, 0.1) is 5.76 Å². The van der Waals surface area contributed by atoms with E-state index in [-0.39, 0.29) is 23.4 Å². The van der Waals surface area contributed by atoms with E-state index in [9.17, 15) is 9.59 Å². The quantitative estimate of drug-likeness (QED) is 0.170. The van der Waals surface area contributed by atoms with Gasteiger partial charge in [-0.1, -0.05) is 52.2 Å². The molecule has 5 heteroatoms. The topological polar surface area (TPSA) is 64.6 Å². The average Bonchev–Trinajstić information content (AvgIpc) is 3.39. The van der Waals surface area contributed by atoms with E-state index >= 15 is 0 Å². The Bertz CT molecular complexity index is 1030. The van der Waals surface area contributed by atoms with Crippen molar-refractivity contribution in [2.45, 2.75) is 137 Å². The molecule has 3 fully saturated rings. The number of allylic oxidation sites excluding steroid dienone is 2. The Morgan fingerprint density at radius 3 is 2.73 bits per heavy atom. The van der Waals surface area contributed by atoms with Crippen LogP contribution < -0.4 is 5.32 Å². The third-order valence-corrected chi connectivity index (χ3v) is 12.1. The summed E-state index contributed by atoms with van der Waals surface area (Å²) in [4.78, 5) is 23.7. The van der Waals surface area contributed by atoms with Crippen molar-refractivity contribution in [3.63, 3.8) is 0 Å². The second-order valence-electron chi connectivity index (χ2n) is 14.7. The summed E-state index contributed by atoms with van der Waals surface area (Å²) in [6.07, 6.45) is 16.9. The fourth-order valence-corrected chi connectivity index (χ4v) is 9.87. The molecule has 1 heterocycles. The van der Waals surface area contributed by atoms with Crippen molar-refractivity contribution in [3.8, 4) is 0 Å². The highest BCUT2D eigenvalue weighted by molar-refractivity contribution is 5.72. The molecule has 3 saturated carbocycles. The second kappa shape index (κ2) is 11.8. The van der Waals surface area contributed by atoms with Crippen LogP contribution in [0, 0.1) is 40.4 Å². The lowest BCUT2D eigenvalue weighted by Crippen LogP contribution is -2.50. The highest BCUT2D eigenvalue weighted by Crippen LogP contribution is 2.69. The van der Waals surface area contributed by atoms with Gasteiger partial charge in [0.15, 0.2) is 0 Å². The van der Waals surface area contributed by atoms with Crippen LogP contribution in [0.3, 0.4) is 0 Å². The molecule has 1 aliphatic heterocycles. The van der Waals surface area contributed by atoms with Crippen molar-refractivity contribution in [2.24, 2.45) is 40.4 Å². The number of ether oxygens (including phenoxy) is 2. The van der Waals surface area contributed by atoms with Crippen LogP contribution in [-0.2, 0) is 19.1 Å². The fraction of sp³-hybridized carbons (Fsp3) is 0.829. The van der Waals surface area contributed by atoms with E-state index in [1.165, 1.54) is 37.0 Å². The number of hydrogen-bond acceptors (Lipinski definition) is 4. The number of rotatable bonds is 10. The molecule has 5 rings (SSSR count). The van der Waals surface area contributed by atoms with Crippen molar-refractivity contribution < 1.29 is 19.1 Å². The molecule has 40 heavy (non-hydrogen) atoms. The third-order valence-electron chi connectivity index (χ3n) is 12.1. The maximum absolute atomic E-state index is 12.4. The summed E-state index contributed by atoms with van der Waals surface area (Å²) in [6, 6.07) is 0. The van der Waals surface area contributed by atoms with E-state index in [0.717, 1.165) is 75.7 Å². The molecule has 0 spiro atoms. The molecule has 5 nitrogen and oxygen atoms in total. The Balaban J connectivity index is 1.23. The molecule has 9 atom stereocenters. The zero-order valence-electron chi connectivity index (χ0n) is 26.2. The Morgan fingerprint density at radius 2 is 1.98 bits per heavy atom. The van der Waals surface area contributed by atoms with Gasteiger partial charge in [-0.25, -0.2) is 0 Å². The standard InChI is InChI=1S/C35H55NO4/c1-7-8-9-10-32(38)39-26-15-17-34(5)25(19-26)12-13-27-28(34)16-18-35(6)29(27)20-31-33(35)23(3)30(40-31)14-11-22(2)21-36-24(4)37/h12,22,26-29,31,33H,7-11,13-21H2,1-6H3,(H,36,37)/t22-,26+,27+,28-,29-,31+,33-,34-,35-/m0/s1. The highest BCUT2D eigenvalue weighted by atomic mass is 16.5. The summed E-state index contributed by atoms with van der Waals surface area (Å²) in [7, 11) is 0. The summed E-state index contributed by atoms with van der Waals surface area (Å²) in [6.45, 7) is 14.2. The molecule has 5 aliphatic rings. The van der Waals surface area contributed by atoms with Gasteiger partial charge in [0, 0.05) is 38.6 Å². The number of carbonyl (C=O) groups excluding carboxylic acids is 2. The van der Waals surface area contributed by atoms with Crippen molar-refractivity contribution in [3.05, 3.63) is 23.0 Å². The number of fused-ring (bicyclic) bond motifs is 7. The molecule has 4 aliphatic carbocycles. The Labute approximate surface area is 243 Å². The summed E-state index contributed by atoms with van der Waals surface area (Å²) in [5.41, 5.74) is 3.68. The first kappa shape index (κ1) is 29.7. The van der Waals surface area contributed by atoms with Gasteiger partial charge in [-0.3, -0.25) is 9.59 Å². The molecule has 0 unspecified atom stereocenters. The number of nitrogens with one attached hydrogen (secondary N) is 1. The van der Waals surface area contributed by atoms with Crippen molar-refractivity contribution in [1.29, 1.82) is 0 Å². The molecule has 0 bridgehead atoms. The number of amides is 1. The Morgan fingerprint density at radius 1 is 1.18 bits per heavy atom. The van der Waals surface area contributed by atoms with Crippen molar-refractivity contribution in [1.82, 2.24) is 5.32 Å². The molecule has 1 N–H and O–H groups in total. The maximum atomic E-state index is 12.4. The summed E-state index contributed by atoms with van der Waals surface area (Å²) >= 11 is 0. The number of esters is 1. The van der Waals surface area contributed by atoms with Crippen LogP contribution in [0.5, 0.6) is 0 Å². The van der Waals surface area contributed by atoms with Crippen LogP contribution in [-0.4, -0.2) is 30.6 Å². The van der Waals surface area contributed by atoms with E-state index in [0.29, 0.717) is 29.8 Å². The minimum atomic E-state index is 0.00671. The lowest BCUT2D eigenvalue weighted by atomic mass is 9.47. The molecule has 0 aromatic carbocycles. The number of carbonyl (C=O) groups is 2. The van der Waals surface area contributed by atoms with Gasteiger partial charge < -0.3 is 14.8 Å². The lowest BCUT2D eigenvalue weighted by Gasteiger charge is -2.58. The van der Waals surface area contributed by atoms with Crippen molar-refractivity contribution in [2.75, 3.05) is 6.54 Å². The molecule has 0 saturated heterocycles. The minimum Gasteiger partial charge on any atom is -0.494 e. The van der Waals surface area contributed by atoms with Crippen LogP contribution in [0.2, 0.25) is 0 Å². The second-order valence-corrected chi connectivity index (χ2v) is 14.7. The van der Waals surface area contributed by atoms with Crippen LogP contribution >= 0.6 is 0 Å². The van der Waals surface area contributed by atoms with Gasteiger partial charge in [0.25, 0.3) is 0 Å². The van der Waals surface area contributed by atoms with Crippen LogP contribution in [0.1, 0.15) is 125 Å². The Hall–Kier alpha value is -1.78. The van der Waals surface area contributed by atoms with E-state index < -0.39 is 0 Å². The van der Waals surface area contributed by atoms with Gasteiger partial charge in [0.1, 0.15) is 12.2 Å². The van der Waals surface area contributed by atoms with Gasteiger partial charge in [-0.2, -0.15) is 0 Å². The smallest absolute Gasteiger partial charge is 0.306 e. The van der Waals surface area contributed by atoms with Gasteiger partial charge in [-0.05, 0) is 98.4 Å². The predicted molar refractivity (Wildman–Crippen MR) is 159 cm³/mol. The summed E-state index contributed by atoms with van der Waals surface area (Å²) < 4.78 is 12.7. The van der Waals surface area contributed by atoms with Crippen LogP contribution in [0.4, 0.5) is 0 Å². The van der Waals surface area contributed by atoms with Crippen LogP contribution in [0.15, 0.2) is 23.0 Å². The molecule has 0 radical (unpaired) electrons. The maximum Gasteiger partial charge on any atom is 0.306 e. The molecular weight excluding hydrogens is 498 g/mol. The number of unbranched alkanes of at least 4 members (excludes halogenated alkanes) is 2. The Kier molecular flexibility index (Phi) is 8.79. The average molecular weight is 554 g/mol. The summed E-state index contributed by atoms with van der Waals surface area (Å²) in [5, 5.41) is 2.96. The van der Waals surface area contributed by atoms with Gasteiger partial charge in [-0.15, -0.1) is 0 Å². The van der Waals surface area contributed by atoms with E-state index in [1.54, 1.807) is 12.5 Å². The molecule has 0 aromatic rings. The molecule has 1 amide bonds. The van der Waals surface area contributed by atoms with E-state index in [1.807, 2.05) is 0 Å². The molecule has 0 aromatic heterocycles. The predicted octanol–water partition coefficient (Wildman–Crippen LogP) is 7.89. The van der Waals surface area contributed by atoms with Gasteiger partial charge >= 0.3 is 5.97 Å². The first-order chi connectivity index (χ1) is 19.1. The third kappa shape index (κ3) is 5.52. The SMILES string of the molecule is CCCCCC(=O)O[C@@H]1CC[C@@]2(C)C(=CC[C@H]3[C@@H]4C[C@H]5OC(CC[C@H](C)CNC(C)=O)=C(C)[C@@H]5[C@@]4(C)CC[C@@H]32)C1. The van der Waals surface area contributed by atoms with Crippen LogP contribution in [0.25, 0.3) is 0 Å². The molecular formula is C35H55NO4. The van der Waals surface area contributed by atoms with E-state index in [4.69, 9.17) is 9.47 Å². The first-order valence-corrected chi connectivity index (χ1v) is 16.6. The van der Waals surface area contributed by atoms with E-state index in [2.05, 4.69) is 46.0 Å². The van der Waals surface area contributed by atoms with Crippen molar-refractivity contribution >= 4 is 11.9 Å². The largest absolute Gasteiger partial charge is 0.494 e. The monoisotopic (exact) mass is 553 g/mol. The zero-order valence-corrected chi connectivity index (χ0v) is 26.2. The lowest BCUT2D eigenvalue weighted by molar-refractivity contribution is -0.151. The molecule has 224 valence electrons. The summed E-state index contributed by atoms with van der Waals surface area (Å²) in [5.74, 6) is 4.51. The number of hydrogen-bond donors (Lipinski definition) is 1. The first-order valence-electron chi connectivity index (χ1n) is 16.6. The van der Waals surface area contributed by atoms with Gasteiger partial charge in [0.2, 0.25) is 5.91 Å². The zero-order chi connectivity index (χ0) is 28.7. The fourth-order valence-electron chi connectivity index (χ4n) is 9.87. The normalized spacial score (nSPS) is 38.8. The highest BCUT2D eigenvalue weighted by Gasteiger charge is 2.63. The minimum absolute atomic E-state index is 0.00671.